The molecule has 0 unspecified atom stereocenters. The standard InChI is InChI=1S/C15H18N4O3/c1-19(2)7-8-22-11-5-3-10-4-6-13(17-18-15(16)21)14(20)12(10)9-11/h3-6,9,20H,7-8H2,1-2H3,(H2,16,21). The lowest BCUT2D eigenvalue weighted by atomic mass is 10.1. The Balaban J connectivity index is 2.29. The Morgan fingerprint density at radius 3 is 2.73 bits per heavy atom. The average Bonchev–Trinajstić information content (AvgIpc) is 2.46. The smallest absolute Gasteiger partial charge is 0.356 e. The number of urea groups is 1. The van der Waals surface area contributed by atoms with Gasteiger partial charge in [-0.05, 0) is 37.7 Å². The second kappa shape index (κ2) is 6.86. The number of benzene rings is 2. The Morgan fingerprint density at radius 2 is 2.05 bits per heavy atom. The highest BCUT2D eigenvalue weighted by molar-refractivity contribution is 5.93. The minimum absolute atomic E-state index is 0.0689. The van der Waals surface area contributed by atoms with Crippen molar-refractivity contribution in [3.05, 3.63) is 30.3 Å². The Hall–Kier alpha value is -2.67. The van der Waals surface area contributed by atoms with Gasteiger partial charge in [-0.2, -0.15) is 0 Å². The summed E-state index contributed by atoms with van der Waals surface area (Å²) >= 11 is 0. The minimum atomic E-state index is -0.916. The monoisotopic (exact) mass is 302 g/mol. The number of primary amides is 1. The number of azo groups is 1. The molecule has 0 aromatic heterocycles. The van der Waals surface area contributed by atoms with Crippen LogP contribution in [-0.4, -0.2) is 43.3 Å². The van der Waals surface area contributed by atoms with Crippen LogP contribution in [0, 0.1) is 0 Å². The first-order chi connectivity index (χ1) is 10.5. The molecule has 0 aliphatic carbocycles. The third kappa shape index (κ3) is 3.92. The second-order valence-electron chi connectivity index (χ2n) is 5.01. The molecule has 116 valence electrons. The van der Waals surface area contributed by atoms with Gasteiger partial charge in [0, 0.05) is 11.9 Å². The summed E-state index contributed by atoms with van der Waals surface area (Å²) < 4.78 is 5.64. The van der Waals surface area contributed by atoms with Crippen molar-refractivity contribution in [1.29, 1.82) is 0 Å². The largest absolute Gasteiger partial charge is 0.505 e. The highest BCUT2D eigenvalue weighted by Crippen LogP contribution is 2.36. The van der Waals surface area contributed by atoms with E-state index in [1.165, 1.54) is 0 Å². The predicted octanol–water partition coefficient (Wildman–Crippen LogP) is 2.65. The van der Waals surface area contributed by atoms with E-state index in [0.29, 0.717) is 17.7 Å². The van der Waals surface area contributed by atoms with Gasteiger partial charge in [-0.25, -0.2) is 4.79 Å². The van der Waals surface area contributed by atoms with E-state index in [2.05, 4.69) is 10.2 Å². The zero-order chi connectivity index (χ0) is 16.1. The Labute approximate surface area is 128 Å². The molecule has 0 atom stereocenters. The highest BCUT2D eigenvalue weighted by Gasteiger charge is 2.08. The van der Waals surface area contributed by atoms with Crippen LogP contribution in [0.5, 0.6) is 11.5 Å². The lowest BCUT2D eigenvalue weighted by Crippen LogP contribution is -2.19. The summed E-state index contributed by atoms with van der Waals surface area (Å²) in [5.41, 5.74) is 5.08. The van der Waals surface area contributed by atoms with E-state index in [9.17, 15) is 9.90 Å². The fourth-order valence-corrected chi connectivity index (χ4v) is 1.89. The van der Waals surface area contributed by atoms with Crippen molar-refractivity contribution >= 4 is 22.5 Å². The summed E-state index contributed by atoms with van der Waals surface area (Å²) in [5.74, 6) is 0.578. The average molecular weight is 302 g/mol. The molecule has 0 bridgehead atoms. The number of nitrogens with zero attached hydrogens (tertiary/aromatic N) is 3. The summed E-state index contributed by atoms with van der Waals surface area (Å²) in [6.45, 7) is 1.33. The zero-order valence-electron chi connectivity index (χ0n) is 12.5. The van der Waals surface area contributed by atoms with E-state index in [-0.39, 0.29) is 11.4 Å². The van der Waals surface area contributed by atoms with Gasteiger partial charge in [0.2, 0.25) is 0 Å². The molecule has 2 aromatic carbocycles. The second-order valence-corrected chi connectivity index (χ2v) is 5.01. The molecule has 22 heavy (non-hydrogen) atoms. The number of rotatable bonds is 5. The normalized spacial score (nSPS) is 11.4. The number of amides is 2. The van der Waals surface area contributed by atoms with Gasteiger partial charge < -0.3 is 20.5 Å². The number of phenolic OH excluding ortho intramolecular Hbond substituents is 1. The van der Waals surface area contributed by atoms with Crippen molar-refractivity contribution in [1.82, 2.24) is 4.90 Å². The van der Waals surface area contributed by atoms with Crippen LogP contribution in [0.1, 0.15) is 0 Å². The third-order valence-electron chi connectivity index (χ3n) is 3.01. The quantitative estimate of drug-likeness (QED) is 0.829. The van der Waals surface area contributed by atoms with E-state index in [4.69, 9.17) is 10.5 Å². The van der Waals surface area contributed by atoms with Crippen LogP contribution < -0.4 is 10.5 Å². The van der Waals surface area contributed by atoms with Crippen LogP contribution in [0.3, 0.4) is 0 Å². The predicted molar refractivity (Wildman–Crippen MR) is 83.8 cm³/mol. The molecule has 3 N–H and O–H groups in total. The zero-order valence-corrected chi connectivity index (χ0v) is 12.5. The summed E-state index contributed by atoms with van der Waals surface area (Å²) in [4.78, 5) is 12.6. The molecule has 7 heteroatoms. The van der Waals surface area contributed by atoms with Crippen LogP contribution in [0.4, 0.5) is 10.5 Å². The molecular formula is C15H18N4O3. The first-order valence-electron chi connectivity index (χ1n) is 6.72. The number of fused-ring (bicyclic) bond motifs is 1. The maximum absolute atomic E-state index is 10.6. The molecule has 0 spiro atoms. The van der Waals surface area contributed by atoms with E-state index in [1.807, 2.05) is 31.1 Å². The van der Waals surface area contributed by atoms with Gasteiger partial charge >= 0.3 is 6.03 Å². The number of likely N-dealkylation sites (N-methyl/N-ethyl adjacent to an activating group) is 1. The molecule has 0 fully saturated rings. The fraction of sp³-hybridized carbons (Fsp3) is 0.267. The maximum atomic E-state index is 10.6. The first kappa shape index (κ1) is 15.7. The van der Waals surface area contributed by atoms with E-state index in [0.717, 1.165) is 11.9 Å². The molecule has 2 rings (SSSR count). The van der Waals surface area contributed by atoms with Gasteiger partial charge in [-0.3, -0.25) is 0 Å². The Bertz CT molecular complexity index is 713. The molecule has 0 aliphatic heterocycles. The topological polar surface area (TPSA) is 101 Å². The molecule has 0 heterocycles. The third-order valence-corrected chi connectivity index (χ3v) is 3.01. The van der Waals surface area contributed by atoms with Gasteiger partial charge in [0.1, 0.15) is 18.0 Å². The molecule has 2 aromatic rings. The number of phenols is 1. The van der Waals surface area contributed by atoms with Gasteiger partial charge in [0.25, 0.3) is 0 Å². The molecule has 2 amide bonds. The summed E-state index contributed by atoms with van der Waals surface area (Å²) in [6, 6.07) is 7.83. The van der Waals surface area contributed by atoms with Gasteiger partial charge in [-0.1, -0.05) is 17.2 Å². The lowest BCUT2D eigenvalue weighted by molar-refractivity contribution is 0.255. The Kier molecular flexibility index (Phi) is 4.90. The van der Waals surface area contributed by atoms with Gasteiger partial charge in [-0.15, -0.1) is 5.11 Å². The van der Waals surface area contributed by atoms with Crippen LogP contribution in [0.15, 0.2) is 40.6 Å². The van der Waals surface area contributed by atoms with Crippen molar-refractivity contribution in [3.8, 4) is 11.5 Å². The van der Waals surface area contributed by atoms with E-state index in [1.54, 1.807) is 18.2 Å². The maximum Gasteiger partial charge on any atom is 0.356 e. The summed E-state index contributed by atoms with van der Waals surface area (Å²) in [5, 5.41) is 18.5. The summed E-state index contributed by atoms with van der Waals surface area (Å²) in [6.07, 6.45) is 0. The van der Waals surface area contributed by atoms with Crippen molar-refractivity contribution in [2.24, 2.45) is 16.0 Å². The van der Waals surface area contributed by atoms with Crippen molar-refractivity contribution in [2.45, 2.75) is 0 Å². The number of hydrogen-bond donors (Lipinski definition) is 2. The van der Waals surface area contributed by atoms with Crippen LogP contribution in [0.2, 0.25) is 0 Å². The summed E-state index contributed by atoms with van der Waals surface area (Å²) in [7, 11) is 3.93. The fourth-order valence-electron chi connectivity index (χ4n) is 1.89. The highest BCUT2D eigenvalue weighted by atomic mass is 16.5. The number of nitrogens with two attached hydrogens (primary N) is 1. The van der Waals surface area contributed by atoms with Crippen molar-refractivity contribution in [2.75, 3.05) is 27.2 Å². The van der Waals surface area contributed by atoms with Crippen LogP contribution >= 0.6 is 0 Å². The number of carbonyl (C=O) groups excluding carboxylic acids is 1. The molecule has 0 saturated heterocycles. The molecule has 0 saturated carbocycles. The van der Waals surface area contributed by atoms with E-state index >= 15 is 0 Å². The van der Waals surface area contributed by atoms with E-state index < -0.39 is 6.03 Å². The molecule has 0 radical (unpaired) electrons. The Morgan fingerprint density at radius 1 is 1.32 bits per heavy atom. The molecule has 7 nitrogen and oxygen atoms in total. The van der Waals surface area contributed by atoms with Gasteiger partial charge in [0.15, 0.2) is 5.75 Å². The molecule has 0 aliphatic rings. The lowest BCUT2D eigenvalue weighted by Gasteiger charge is -2.12. The van der Waals surface area contributed by atoms with Crippen molar-refractivity contribution in [3.63, 3.8) is 0 Å². The first-order valence-corrected chi connectivity index (χ1v) is 6.72. The molecular weight excluding hydrogens is 284 g/mol. The minimum Gasteiger partial charge on any atom is -0.505 e. The van der Waals surface area contributed by atoms with Crippen LogP contribution in [-0.2, 0) is 0 Å². The SMILES string of the molecule is CN(C)CCOc1ccc2ccc(N=NC(N)=O)c(O)c2c1. The van der Waals surface area contributed by atoms with Crippen molar-refractivity contribution < 1.29 is 14.6 Å². The number of carbonyl (C=O) groups is 1. The number of aromatic hydroxyl groups is 1. The number of hydrogen-bond acceptors (Lipinski definition) is 5. The van der Waals surface area contributed by atoms with Crippen LogP contribution in [0.25, 0.3) is 10.8 Å². The number of ether oxygens (including phenoxy) is 1. The van der Waals surface area contributed by atoms with Gasteiger partial charge in [0.05, 0.1) is 0 Å².